The first-order valence-corrected chi connectivity index (χ1v) is 9.47. The summed E-state index contributed by atoms with van der Waals surface area (Å²) in [6, 6.07) is 8.64. The molecule has 2 aliphatic rings. The molecular weight excluding hydrogens is 300 g/mol. The number of nitrogens with one attached hydrogen (secondary N) is 1. The third-order valence-electron chi connectivity index (χ3n) is 5.60. The van der Waals surface area contributed by atoms with Crippen molar-refractivity contribution in [2.24, 2.45) is 0 Å². The highest BCUT2D eigenvalue weighted by Gasteiger charge is 2.22. The van der Waals surface area contributed by atoms with Gasteiger partial charge in [0, 0.05) is 12.6 Å². The van der Waals surface area contributed by atoms with Gasteiger partial charge in [-0.05, 0) is 77.0 Å². The van der Waals surface area contributed by atoms with E-state index in [1.807, 2.05) is 16.7 Å². The van der Waals surface area contributed by atoms with Gasteiger partial charge in [-0.1, -0.05) is 12.1 Å². The van der Waals surface area contributed by atoms with Crippen LogP contribution in [0, 0.1) is 0 Å². The van der Waals surface area contributed by atoms with Gasteiger partial charge >= 0.3 is 5.69 Å². The molecule has 1 N–H and O–H groups in total. The van der Waals surface area contributed by atoms with Gasteiger partial charge in [0.25, 0.3) is 0 Å². The summed E-state index contributed by atoms with van der Waals surface area (Å²) in [4.78, 5) is 15.6. The Morgan fingerprint density at radius 3 is 2.46 bits per heavy atom. The molecule has 1 aromatic heterocycles. The molecule has 2 aromatic rings. The van der Waals surface area contributed by atoms with Crippen LogP contribution in [0.15, 0.2) is 29.1 Å². The molecule has 5 heteroatoms. The minimum atomic E-state index is 0.185. The predicted molar refractivity (Wildman–Crippen MR) is 97.6 cm³/mol. The normalized spacial score (nSPS) is 20.2. The Morgan fingerprint density at radius 2 is 1.71 bits per heavy atom. The van der Waals surface area contributed by atoms with Crippen LogP contribution in [-0.2, 0) is 6.54 Å². The minimum absolute atomic E-state index is 0.185. The topological polar surface area (TPSA) is 42.2 Å². The van der Waals surface area contributed by atoms with Crippen LogP contribution in [-0.4, -0.2) is 46.8 Å². The Morgan fingerprint density at radius 1 is 1.00 bits per heavy atom. The molecule has 3 heterocycles. The lowest BCUT2D eigenvalue weighted by molar-refractivity contribution is 0.323. The van der Waals surface area contributed by atoms with E-state index in [2.05, 4.69) is 26.9 Å². The molecule has 2 fully saturated rings. The monoisotopic (exact) mass is 328 g/mol. The van der Waals surface area contributed by atoms with E-state index < -0.39 is 0 Å². The number of hydrogen-bond donors (Lipinski definition) is 1. The number of aryl methyl sites for hydroxylation is 1. The molecule has 2 saturated heterocycles. The summed E-state index contributed by atoms with van der Waals surface area (Å²) in [5.41, 5.74) is 2.39. The highest BCUT2D eigenvalue weighted by Crippen LogP contribution is 2.23. The molecule has 0 radical (unpaired) electrons. The first-order valence-electron chi connectivity index (χ1n) is 9.47. The number of piperidine rings is 1. The largest absolute Gasteiger partial charge is 0.329 e. The van der Waals surface area contributed by atoms with Gasteiger partial charge in [0.2, 0.25) is 0 Å². The summed E-state index contributed by atoms with van der Waals surface area (Å²) in [5.74, 6) is 0. The molecule has 0 bridgehead atoms. The van der Waals surface area contributed by atoms with Gasteiger partial charge in [0.1, 0.15) is 0 Å². The van der Waals surface area contributed by atoms with Gasteiger partial charge < -0.3 is 10.2 Å². The zero-order valence-electron chi connectivity index (χ0n) is 14.4. The quantitative estimate of drug-likeness (QED) is 0.915. The minimum Gasteiger partial charge on any atom is -0.317 e. The van der Waals surface area contributed by atoms with Crippen LogP contribution in [0.5, 0.6) is 0 Å². The second-order valence-electron chi connectivity index (χ2n) is 7.18. The van der Waals surface area contributed by atoms with E-state index in [9.17, 15) is 4.79 Å². The lowest BCUT2D eigenvalue weighted by atomic mass is 10.1. The number of hydrogen-bond acceptors (Lipinski definition) is 3. The average molecular weight is 328 g/mol. The zero-order valence-corrected chi connectivity index (χ0v) is 14.4. The summed E-state index contributed by atoms with van der Waals surface area (Å²) >= 11 is 0. The maximum absolute atomic E-state index is 13.1. The van der Waals surface area contributed by atoms with Crippen LogP contribution in [0.4, 0.5) is 0 Å². The highest BCUT2D eigenvalue weighted by atomic mass is 16.1. The van der Waals surface area contributed by atoms with E-state index in [0.717, 1.165) is 56.5 Å². The lowest BCUT2D eigenvalue weighted by Gasteiger charge is -2.23. The third-order valence-corrected chi connectivity index (χ3v) is 5.60. The smallest absolute Gasteiger partial charge is 0.317 e. The Bertz CT molecular complexity index is 735. The molecule has 0 amide bonds. The van der Waals surface area contributed by atoms with Gasteiger partial charge in [0.15, 0.2) is 0 Å². The van der Waals surface area contributed by atoms with E-state index in [0.29, 0.717) is 6.04 Å². The van der Waals surface area contributed by atoms with Gasteiger partial charge in [0.05, 0.1) is 11.0 Å². The maximum atomic E-state index is 13.1. The SMILES string of the molecule is O=c1n(CCCN2CCCC2)c2ccccc2n1C1CCNCC1. The summed E-state index contributed by atoms with van der Waals surface area (Å²) in [6.45, 7) is 6.40. The van der Waals surface area contributed by atoms with E-state index in [1.54, 1.807) is 0 Å². The maximum Gasteiger partial charge on any atom is 0.329 e. The summed E-state index contributed by atoms with van der Waals surface area (Å²) in [5, 5.41) is 3.40. The Balaban J connectivity index is 1.59. The van der Waals surface area contributed by atoms with Gasteiger partial charge in [-0.2, -0.15) is 0 Å². The van der Waals surface area contributed by atoms with E-state index in [-0.39, 0.29) is 5.69 Å². The molecule has 0 saturated carbocycles. The number of fused-ring (bicyclic) bond motifs is 1. The van der Waals surface area contributed by atoms with Crippen LogP contribution in [0.1, 0.15) is 38.1 Å². The van der Waals surface area contributed by atoms with Crippen LogP contribution < -0.4 is 11.0 Å². The molecule has 24 heavy (non-hydrogen) atoms. The summed E-state index contributed by atoms with van der Waals surface area (Å²) < 4.78 is 4.07. The number of para-hydroxylation sites is 2. The molecule has 0 spiro atoms. The lowest BCUT2D eigenvalue weighted by Crippen LogP contribution is -2.35. The molecule has 2 aliphatic heterocycles. The zero-order chi connectivity index (χ0) is 16.4. The number of benzene rings is 1. The first kappa shape index (κ1) is 15.9. The molecule has 4 rings (SSSR count). The van der Waals surface area contributed by atoms with Gasteiger partial charge in [-0.3, -0.25) is 9.13 Å². The number of rotatable bonds is 5. The number of nitrogens with zero attached hydrogens (tertiary/aromatic N) is 3. The van der Waals surface area contributed by atoms with Crippen molar-refractivity contribution in [2.75, 3.05) is 32.7 Å². The summed E-state index contributed by atoms with van der Waals surface area (Å²) in [7, 11) is 0. The van der Waals surface area contributed by atoms with Crippen LogP contribution in [0.2, 0.25) is 0 Å². The van der Waals surface area contributed by atoms with Crippen molar-refractivity contribution >= 4 is 11.0 Å². The van der Waals surface area contributed by atoms with Crippen LogP contribution >= 0.6 is 0 Å². The fourth-order valence-corrected chi connectivity index (χ4v) is 4.32. The molecule has 1 aromatic carbocycles. The molecule has 130 valence electrons. The van der Waals surface area contributed by atoms with Crippen molar-refractivity contribution in [3.05, 3.63) is 34.7 Å². The predicted octanol–water partition coefficient (Wildman–Crippen LogP) is 2.21. The van der Waals surface area contributed by atoms with Crippen molar-refractivity contribution in [1.29, 1.82) is 0 Å². The fraction of sp³-hybridized carbons (Fsp3) is 0.632. The van der Waals surface area contributed by atoms with Crippen molar-refractivity contribution in [3.63, 3.8) is 0 Å². The Labute approximate surface area is 143 Å². The van der Waals surface area contributed by atoms with Crippen molar-refractivity contribution in [3.8, 4) is 0 Å². The molecular formula is C19H28N4O. The first-order chi connectivity index (χ1) is 11.8. The summed E-state index contributed by atoms with van der Waals surface area (Å²) in [6.07, 6.45) is 5.80. The van der Waals surface area contributed by atoms with E-state index >= 15 is 0 Å². The number of likely N-dealkylation sites (tertiary alicyclic amines) is 1. The average Bonchev–Trinajstić information content (AvgIpc) is 3.23. The van der Waals surface area contributed by atoms with E-state index in [4.69, 9.17) is 0 Å². The second-order valence-corrected chi connectivity index (χ2v) is 7.18. The fourth-order valence-electron chi connectivity index (χ4n) is 4.32. The molecule has 0 aliphatic carbocycles. The van der Waals surface area contributed by atoms with Crippen molar-refractivity contribution in [1.82, 2.24) is 19.4 Å². The second kappa shape index (κ2) is 7.11. The third kappa shape index (κ3) is 3.03. The van der Waals surface area contributed by atoms with E-state index in [1.165, 1.54) is 25.9 Å². The Hall–Kier alpha value is -1.59. The van der Waals surface area contributed by atoms with Crippen LogP contribution in [0.25, 0.3) is 11.0 Å². The molecule has 0 atom stereocenters. The van der Waals surface area contributed by atoms with Crippen molar-refractivity contribution in [2.45, 2.75) is 44.7 Å². The van der Waals surface area contributed by atoms with Crippen molar-refractivity contribution < 1.29 is 0 Å². The van der Waals surface area contributed by atoms with Gasteiger partial charge in [-0.15, -0.1) is 0 Å². The standard InChI is InChI=1S/C19H28N4O/c24-19-22(15-5-14-21-12-3-4-13-21)17-6-1-2-7-18(17)23(19)16-8-10-20-11-9-16/h1-2,6-7,16,20H,3-5,8-15H2. The molecule has 5 nitrogen and oxygen atoms in total. The number of aromatic nitrogens is 2. The van der Waals surface area contributed by atoms with Gasteiger partial charge in [-0.25, -0.2) is 4.79 Å². The highest BCUT2D eigenvalue weighted by molar-refractivity contribution is 5.76. The number of imidazole rings is 1. The molecule has 0 unspecified atom stereocenters. The van der Waals surface area contributed by atoms with Crippen LogP contribution in [0.3, 0.4) is 0 Å². The Kier molecular flexibility index (Phi) is 4.72.